The summed E-state index contributed by atoms with van der Waals surface area (Å²) in [6, 6.07) is 7.54. The number of ether oxygens (including phenoxy) is 2. The van der Waals surface area contributed by atoms with Crippen molar-refractivity contribution in [1.29, 1.82) is 0 Å². The SMILES string of the molecule is CCNC(=NCCCOCC1CCOC1)N1CCN(c2ccccc2O)CC1. The molecule has 0 aromatic heterocycles. The predicted molar refractivity (Wildman–Crippen MR) is 112 cm³/mol. The van der Waals surface area contributed by atoms with E-state index in [1.54, 1.807) is 6.07 Å². The Bertz CT molecular complexity index is 611. The molecule has 1 atom stereocenters. The molecule has 1 unspecified atom stereocenters. The van der Waals surface area contributed by atoms with E-state index in [1.807, 2.05) is 18.2 Å². The van der Waals surface area contributed by atoms with Gasteiger partial charge in [-0.1, -0.05) is 12.1 Å². The number of aliphatic imine (C=N–C) groups is 1. The maximum absolute atomic E-state index is 10.1. The molecule has 0 spiro atoms. The van der Waals surface area contributed by atoms with Crippen LogP contribution in [0.4, 0.5) is 5.69 Å². The second-order valence-electron chi connectivity index (χ2n) is 7.36. The van der Waals surface area contributed by atoms with E-state index in [4.69, 9.17) is 14.5 Å². The molecule has 0 amide bonds. The highest BCUT2D eigenvalue weighted by molar-refractivity contribution is 5.80. The molecule has 2 aliphatic rings. The van der Waals surface area contributed by atoms with Gasteiger partial charge < -0.3 is 29.7 Å². The van der Waals surface area contributed by atoms with Gasteiger partial charge in [-0.3, -0.25) is 4.99 Å². The van der Waals surface area contributed by atoms with Gasteiger partial charge in [-0.15, -0.1) is 0 Å². The Morgan fingerprint density at radius 3 is 2.82 bits per heavy atom. The number of aromatic hydroxyl groups is 1. The number of para-hydroxylation sites is 2. The average molecular weight is 391 g/mol. The first kappa shape index (κ1) is 20.7. The Morgan fingerprint density at radius 1 is 1.29 bits per heavy atom. The van der Waals surface area contributed by atoms with Gasteiger partial charge in [0, 0.05) is 58.4 Å². The number of rotatable bonds is 8. The number of benzene rings is 1. The summed E-state index contributed by atoms with van der Waals surface area (Å²) >= 11 is 0. The van der Waals surface area contributed by atoms with Crippen LogP contribution < -0.4 is 10.2 Å². The summed E-state index contributed by atoms with van der Waals surface area (Å²) in [6.07, 6.45) is 2.05. The molecule has 2 N–H and O–H groups in total. The molecule has 7 nitrogen and oxygen atoms in total. The molecular formula is C21H34N4O3. The van der Waals surface area contributed by atoms with Gasteiger partial charge in [-0.25, -0.2) is 0 Å². The molecule has 28 heavy (non-hydrogen) atoms. The Hall–Kier alpha value is -1.99. The molecule has 7 heteroatoms. The summed E-state index contributed by atoms with van der Waals surface area (Å²) in [5.74, 6) is 1.89. The zero-order valence-corrected chi connectivity index (χ0v) is 17.0. The molecule has 2 aliphatic heterocycles. The van der Waals surface area contributed by atoms with Crippen molar-refractivity contribution in [3.05, 3.63) is 24.3 Å². The van der Waals surface area contributed by atoms with Crippen molar-refractivity contribution in [2.24, 2.45) is 10.9 Å². The summed E-state index contributed by atoms with van der Waals surface area (Å²) in [4.78, 5) is 9.32. The van der Waals surface area contributed by atoms with Gasteiger partial charge in [0.2, 0.25) is 0 Å². The Labute approximate surface area is 168 Å². The molecule has 1 aromatic carbocycles. The van der Waals surface area contributed by atoms with Gasteiger partial charge in [-0.05, 0) is 31.9 Å². The lowest BCUT2D eigenvalue weighted by molar-refractivity contribution is 0.0893. The molecule has 2 saturated heterocycles. The lowest BCUT2D eigenvalue weighted by Crippen LogP contribution is -2.52. The highest BCUT2D eigenvalue weighted by Crippen LogP contribution is 2.27. The van der Waals surface area contributed by atoms with Crippen molar-refractivity contribution in [3.8, 4) is 5.75 Å². The van der Waals surface area contributed by atoms with Gasteiger partial charge in [0.15, 0.2) is 5.96 Å². The Balaban J connectivity index is 1.41. The molecule has 2 fully saturated rings. The first-order chi connectivity index (χ1) is 13.8. The van der Waals surface area contributed by atoms with Gasteiger partial charge in [0.05, 0.1) is 18.9 Å². The monoisotopic (exact) mass is 390 g/mol. The summed E-state index contributed by atoms with van der Waals surface area (Å²) in [5, 5.41) is 13.5. The van der Waals surface area contributed by atoms with E-state index in [0.29, 0.717) is 11.7 Å². The number of hydrogen-bond acceptors (Lipinski definition) is 5. The second-order valence-corrected chi connectivity index (χ2v) is 7.36. The third-order valence-corrected chi connectivity index (χ3v) is 5.22. The normalized spacial score (nSPS) is 20.6. The number of piperazine rings is 1. The summed E-state index contributed by atoms with van der Waals surface area (Å²) < 4.78 is 11.1. The van der Waals surface area contributed by atoms with Crippen molar-refractivity contribution in [1.82, 2.24) is 10.2 Å². The first-order valence-corrected chi connectivity index (χ1v) is 10.5. The van der Waals surface area contributed by atoms with E-state index in [2.05, 4.69) is 22.0 Å². The quantitative estimate of drug-likeness (QED) is 0.402. The minimum atomic E-state index is 0.348. The largest absolute Gasteiger partial charge is 0.506 e. The number of phenols is 1. The van der Waals surface area contributed by atoms with E-state index >= 15 is 0 Å². The van der Waals surface area contributed by atoms with Crippen LogP contribution in [0.3, 0.4) is 0 Å². The molecule has 1 aromatic rings. The fourth-order valence-electron chi connectivity index (χ4n) is 3.63. The Kier molecular flexibility index (Phi) is 8.23. The van der Waals surface area contributed by atoms with Gasteiger partial charge in [0.25, 0.3) is 0 Å². The zero-order chi connectivity index (χ0) is 19.6. The zero-order valence-electron chi connectivity index (χ0n) is 17.0. The maximum Gasteiger partial charge on any atom is 0.194 e. The molecule has 0 saturated carbocycles. The third kappa shape index (κ3) is 6.01. The fourth-order valence-corrected chi connectivity index (χ4v) is 3.63. The number of phenolic OH excluding ortho intramolecular Hbond substituents is 1. The van der Waals surface area contributed by atoms with Crippen molar-refractivity contribution < 1.29 is 14.6 Å². The summed E-state index contributed by atoms with van der Waals surface area (Å²) in [5.41, 5.74) is 0.911. The lowest BCUT2D eigenvalue weighted by atomic mass is 10.1. The van der Waals surface area contributed by atoms with Gasteiger partial charge >= 0.3 is 0 Å². The number of nitrogens with one attached hydrogen (secondary N) is 1. The van der Waals surface area contributed by atoms with Crippen molar-refractivity contribution >= 4 is 11.6 Å². The van der Waals surface area contributed by atoms with Gasteiger partial charge in [0.1, 0.15) is 5.75 Å². The van der Waals surface area contributed by atoms with Gasteiger partial charge in [-0.2, -0.15) is 0 Å². The van der Waals surface area contributed by atoms with E-state index in [1.165, 1.54) is 0 Å². The topological polar surface area (TPSA) is 69.6 Å². The minimum Gasteiger partial charge on any atom is -0.506 e. The van der Waals surface area contributed by atoms with Crippen LogP contribution in [0.15, 0.2) is 29.3 Å². The van der Waals surface area contributed by atoms with Crippen LogP contribution in [0.1, 0.15) is 19.8 Å². The summed E-state index contributed by atoms with van der Waals surface area (Å²) in [6.45, 7) is 10.5. The van der Waals surface area contributed by atoms with Crippen molar-refractivity contribution in [3.63, 3.8) is 0 Å². The molecule has 156 valence electrons. The van der Waals surface area contributed by atoms with Crippen LogP contribution in [0.25, 0.3) is 0 Å². The second kappa shape index (κ2) is 11.1. The number of guanidine groups is 1. The first-order valence-electron chi connectivity index (χ1n) is 10.5. The van der Waals surface area contributed by atoms with E-state index < -0.39 is 0 Å². The number of nitrogens with zero attached hydrogens (tertiary/aromatic N) is 3. The fraction of sp³-hybridized carbons (Fsp3) is 0.667. The molecule has 0 aliphatic carbocycles. The predicted octanol–water partition coefficient (Wildman–Crippen LogP) is 1.92. The highest BCUT2D eigenvalue weighted by Gasteiger charge is 2.21. The van der Waals surface area contributed by atoms with Crippen LogP contribution in [-0.2, 0) is 9.47 Å². The van der Waals surface area contributed by atoms with Crippen molar-refractivity contribution in [2.75, 3.05) is 70.6 Å². The molecule has 3 rings (SSSR count). The smallest absolute Gasteiger partial charge is 0.194 e. The summed E-state index contributed by atoms with van der Waals surface area (Å²) in [7, 11) is 0. The average Bonchev–Trinajstić information content (AvgIpc) is 3.24. The number of hydrogen-bond donors (Lipinski definition) is 2. The standard InChI is InChI=1S/C21H34N4O3/c1-2-22-21(23-9-5-14-27-16-18-8-15-28-17-18)25-12-10-24(11-13-25)19-6-3-4-7-20(19)26/h3-4,6-7,18,26H,2,5,8-17H2,1H3,(H,22,23). The molecule has 0 bridgehead atoms. The third-order valence-electron chi connectivity index (χ3n) is 5.22. The molecular weight excluding hydrogens is 356 g/mol. The Morgan fingerprint density at radius 2 is 2.11 bits per heavy atom. The number of anilines is 1. The van der Waals surface area contributed by atoms with Crippen LogP contribution in [0.5, 0.6) is 5.75 Å². The van der Waals surface area contributed by atoms with E-state index in [0.717, 1.165) is 90.2 Å². The lowest BCUT2D eigenvalue weighted by Gasteiger charge is -2.37. The van der Waals surface area contributed by atoms with Crippen LogP contribution in [0, 0.1) is 5.92 Å². The maximum atomic E-state index is 10.1. The molecule has 2 heterocycles. The van der Waals surface area contributed by atoms with Crippen LogP contribution in [0.2, 0.25) is 0 Å². The van der Waals surface area contributed by atoms with Crippen LogP contribution in [-0.4, -0.2) is 81.7 Å². The van der Waals surface area contributed by atoms with Crippen molar-refractivity contribution in [2.45, 2.75) is 19.8 Å². The van der Waals surface area contributed by atoms with Crippen LogP contribution >= 0.6 is 0 Å². The van der Waals surface area contributed by atoms with E-state index in [9.17, 15) is 5.11 Å². The minimum absolute atomic E-state index is 0.348. The van der Waals surface area contributed by atoms with E-state index in [-0.39, 0.29) is 0 Å². The molecule has 0 radical (unpaired) electrons. The highest BCUT2D eigenvalue weighted by atomic mass is 16.5.